The van der Waals surface area contributed by atoms with E-state index >= 15 is 0 Å². The summed E-state index contributed by atoms with van der Waals surface area (Å²) in [5.74, 6) is 0.508. The SMILES string of the molecule is CN(Cc1nccn1C)C(CN)c1ccc(Cl)c(F)c1. The maximum atomic E-state index is 13.6. The van der Waals surface area contributed by atoms with E-state index < -0.39 is 5.82 Å². The number of benzene rings is 1. The minimum atomic E-state index is -0.423. The quantitative estimate of drug-likeness (QED) is 0.921. The van der Waals surface area contributed by atoms with Crippen molar-refractivity contribution in [1.29, 1.82) is 0 Å². The third-order valence-electron chi connectivity index (χ3n) is 3.40. The topological polar surface area (TPSA) is 47.1 Å². The second-order valence-corrected chi connectivity index (χ2v) is 5.20. The zero-order chi connectivity index (χ0) is 14.7. The molecule has 0 aliphatic heterocycles. The number of hydrogen-bond acceptors (Lipinski definition) is 3. The van der Waals surface area contributed by atoms with Crippen LogP contribution in [0.3, 0.4) is 0 Å². The van der Waals surface area contributed by atoms with Crippen LogP contribution < -0.4 is 5.73 Å². The van der Waals surface area contributed by atoms with E-state index in [0.29, 0.717) is 13.1 Å². The smallest absolute Gasteiger partial charge is 0.142 e. The largest absolute Gasteiger partial charge is 0.337 e. The van der Waals surface area contributed by atoms with Crippen molar-refractivity contribution in [1.82, 2.24) is 14.5 Å². The van der Waals surface area contributed by atoms with E-state index in [4.69, 9.17) is 17.3 Å². The van der Waals surface area contributed by atoms with E-state index in [1.165, 1.54) is 6.07 Å². The highest BCUT2D eigenvalue weighted by molar-refractivity contribution is 6.30. The lowest BCUT2D eigenvalue weighted by Crippen LogP contribution is -2.31. The standard InChI is InChI=1S/C14H18ClFN4/c1-19-6-5-18-14(19)9-20(2)13(8-17)10-3-4-11(15)12(16)7-10/h3-7,13H,8-9,17H2,1-2H3. The second kappa shape index (κ2) is 6.35. The molecule has 108 valence electrons. The molecule has 0 aliphatic rings. The highest BCUT2D eigenvalue weighted by Crippen LogP contribution is 2.24. The molecule has 1 heterocycles. The molecule has 6 heteroatoms. The number of rotatable bonds is 5. The van der Waals surface area contributed by atoms with Crippen molar-refractivity contribution in [3.05, 3.63) is 52.8 Å². The maximum absolute atomic E-state index is 13.6. The second-order valence-electron chi connectivity index (χ2n) is 4.79. The van der Waals surface area contributed by atoms with Crippen LogP contribution in [0.4, 0.5) is 4.39 Å². The summed E-state index contributed by atoms with van der Waals surface area (Å²) in [4.78, 5) is 6.33. The highest BCUT2D eigenvalue weighted by Gasteiger charge is 2.18. The zero-order valence-electron chi connectivity index (χ0n) is 11.6. The fraction of sp³-hybridized carbons (Fsp3) is 0.357. The average molecular weight is 297 g/mol. The lowest BCUT2D eigenvalue weighted by atomic mass is 10.1. The van der Waals surface area contributed by atoms with Gasteiger partial charge in [-0.25, -0.2) is 9.37 Å². The monoisotopic (exact) mass is 296 g/mol. The molecule has 0 radical (unpaired) electrons. The molecule has 0 bridgehead atoms. The number of aryl methyl sites for hydroxylation is 1. The fourth-order valence-corrected chi connectivity index (χ4v) is 2.29. The number of nitrogens with zero attached hydrogens (tertiary/aromatic N) is 3. The van der Waals surface area contributed by atoms with Crippen LogP contribution in [0.15, 0.2) is 30.6 Å². The van der Waals surface area contributed by atoms with Gasteiger partial charge < -0.3 is 10.3 Å². The van der Waals surface area contributed by atoms with Gasteiger partial charge in [0, 0.05) is 32.0 Å². The van der Waals surface area contributed by atoms with Gasteiger partial charge >= 0.3 is 0 Å². The van der Waals surface area contributed by atoms with Crippen LogP contribution in [0.5, 0.6) is 0 Å². The van der Waals surface area contributed by atoms with Crippen molar-refractivity contribution < 1.29 is 4.39 Å². The molecule has 2 aromatic rings. The summed E-state index contributed by atoms with van der Waals surface area (Å²) in [5.41, 5.74) is 6.65. The zero-order valence-corrected chi connectivity index (χ0v) is 12.3. The molecule has 1 unspecified atom stereocenters. The van der Waals surface area contributed by atoms with Crippen molar-refractivity contribution in [2.24, 2.45) is 12.8 Å². The van der Waals surface area contributed by atoms with E-state index in [9.17, 15) is 4.39 Å². The summed E-state index contributed by atoms with van der Waals surface area (Å²) in [6, 6.07) is 4.72. The number of hydrogen-bond donors (Lipinski definition) is 1. The van der Waals surface area contributed by atoms with Crippen molar-refractivity contribution in [3.63, 3.8) is 0 Å². The Kier molecular flexibility index (Phi) is 4.75. The van der Waals surface area contributed by atoms with E-state index in [-0.39, 0.29) is 11.1 Å². The van der Waals surface area contributed by atoms with E-state index in [1.54, 1.807) is 18.3 Å². The summed E-state index contributed by atoms with van der Waals surface area (Å²) in [5, 5.41) is 0.122. The summed E-state index contributed by atoms with van der Waals surface area (Å²) >= 11 is 5.71. The Bertz CT molecular complexity index is 584. The number of aromatic nitrogens is 2. The first-order valence-electron chi connectivity index (χ1n) is 6.34. The Morgan fingerprint density at radius 2 is 2.25 bits per heavy atom. The molecular formula is C14H18ClFN4. The first kappa shape index (κ1) is 15.0. The van der Waals surface area contributed by atoms with Gasteiger partial charge in [-0.3, -0.25) is 4.90 Å². The van der Waals surface area contributed by atoms with Crippen molar-refractivity contribution >= 4 is 11.6 Å². The summed E-state index contributed by atoms with van der Waals surface area (Å²) < 4.78 is 15.5. The van der Waals surface area contributed by atoms with Crippen LogP contribution in [0.25, 0.3) is 0 Å². The first-order chi connectivity index (χ1) is 9.52. The Morgan fingerprint density at radius 1 is 1.50 bits per heavy atom. The fourth-order valence-electron chi connectivity index (χ4n) is 2.17. The molecule has 2 rings (SSSR count). The minimum Gasteiger partial charge on any atom is -0.337 e. The van der Waals surface area contributed by atoms with Crippen LogP contribution in [0, 0.1) is 5.82 Å². The predicted molar refractivity (Wildman–Crippen MR) is 77.9 cm³/mol. The van der Waals surface area contributed by atoms with Crippen LogP contribution in [0.1, 0.15) is 17.4 Å². The molecule has 0 saturated carbocycles. The Morgan fingerprint density at radius 3 is 2.80 bits per heavy atom. The van der Waals surface area contributed by atoms with E-state index in [2.05, 4.69) is 4.98 Å². The molecule has 0 fully saturated rings. The molecule has 0 spiro atoms. The van der Waals surface area contributed by atoms with Gasteiger partial charge in [-0.2, -0.15) is 0 Å². The van der Waals surface area contributed by atoms with Gasteiger partial charge in [0.2, 0.25) is 0 Å². The maximum Gasteiger partial charge on any atom is 0.142 e. The van der Waals surface area contributed by atoms with Gasteiger partial charge in [-0.1, -0.05) is 17.7 Å². The summed E-state index contributed by atoms with van der Waals surface area (Å²) in [7, 11) is 3.88. The molecule has 1 aromatic heterocycles. The van der Waals surface area contributed by atoms with Crippen LogP contribution in [-0.2, 0) is 13.6 Å². The van der Waals surface area contributed by atoms with Crippen LogP contribution in [0.2, 0.25) is 5.02 Å². The number of likely N-dealkylation sites (N-methyl/N-ethyl adjacent to an activating group) is 1. The predicted octanol–water partition coefficient (Wildman–Crippen LogP) is 2.34. The third kappa shape index (κ3) is 3.17. The molecule has 2 N–H and O–H groups in total. The van der Waals surface area contributed by atoms with E-state index in [1.807, 2.05) is 29.8 Å². The molecular weight excluding hydrogens is 279 g/mol. The molecule has 20 heavy (non-hydrogen) atoms. The molecule has 0 amide bonds. The van der Waals surface area contributed by atoms with E-state index in [0.717, 1.165) is 11.4 Å². The van der Waals surface area contributed by atoms with Gasteiger partial charge in [-0.15, -0.1) is 0 Å². The number of nitrogens with two attached hydrogens (primary N) is 1. The van der Waals surface area contributed by atoms with Crippen molar-refractivity contribution in [3.8, 4) is 0 Å². The molecule has 0 aliphatic carbocycles. The molecule has 1 aromatic carbocycles. The highest BCUT2D eigenvalue weighted by atomic mass is 35.5. The lowest BCUT2D eigenvalue weighted by molar-refractivity contribution is 0.233. The van der Waals surface area contributed by atoms with Crippen molar-refractivity contribution in [2.45, 2.75) is 12.6 Å². The van der Waals surface area contributed by atoms with Crippen molar-refractivity contribution in [2.75, 3.05) is 13.6 Å². The third-order valence-corrected chi connectivity index (χ3v) is 3.70. The number of imidazole rings is 1. The van der Waals surface area contributed by atoms with Gasteiger partial charge in [-0.05, 0) is 24.7 Å². The van der Waals surface area contributed by atoms with Crippen LogP contribution in [-0.4, -0.2) is 28.0 Å². The van der Waals surface area contributed by atoms with Gasteiger partial charge in [0.15, 0.2) is 0 Å². The minimum absolute atomic E-state index is 0.0848. The number of halogens is 2. The summed E-state index contributed by atoms with van der Waals surface area (Å²) in [6.07, 6.45) is 3.64. The Labute approximate surface area is 123 Å². The van der Waals surface area contributed by atoms with Gasteiger partial charge in [0.05, 0.1) is 11.6 Å². The first-order valence-corrected chi connectivity index (χ1v) is 6.72. The van der Waals surface area contributed by atoms with Crippen LogP contribution >= 0.6 is 11.6 Å². The molecule has 4 nitrogen and oxygen atoms in total. The molecule has 0 saturated heterocycles. The van der Waals surface area contributed by atoms with Gasteiger partial charge in [0.1, 0.15) is 11.6 Å². The van der Waals surface area contributed by atoms with Gasteiger partial charge in [0.25, 0.3) is 0 Å². The summed E-state index contributed by atoms with van der Waals surface area (Å²) in [6.45, 7) is 1.03. The lowest BCUT2D eigenvalue weighted by Gasteiger charge is -2.27. The Balaban J connectivity index is 2.18. The Hall–Kier alpha value is -1.43. The average Bonchev–Trinajstić information content (AvgIpc) is 2.80. The molecule has 1 atom stereocenters. The normalized spacial score (nSPS) is 12.9.